The molecule has 150 valence electrons. The average Bonchev–Trinajstić information content (AvgIpc) is 3.05. The van der Waals surface area contributed by atoms with Gasteiger partial charge in [-0.05, 0) is 36.6 Å². The van der Waals surface area contributed by atoms with Gasteiger partial charge in [0.25, 0.3) is 11.7 Å². The molecule has 1 unspecified atom stereocenters. The molecule has 0 bridgehead atoms. The van der Waals surface area contributed by atoms with E-state index in [1.54, 1.807) is 12.1 Å². The van der Waals surface area contributed by atoms with Gasteiger partial charge >= 0.3 is 0 Å². The predicted octanol–water partition coefficient (Wildman–Crippen LogP) is 5.18. The van der Waals surface area contributed by atoms with E-state index in [0.29, 0.717) is 11.3 Å². The summed E-state index contributed by atoms with van der Waals surface area (Å²) in [6.45, 7) is 4.02. The summed E-state index contributed by atoms with van der Waals surface area (Å²) in [6.07, 6.45) is 0.878. The minimum atomic E-state index is -0.695. The molecule has 1 aliphatic heterocycles. The Morgan fingerprint density at radius 2 is 1.53 bits per heavy atom. The summed E-state index contributed by atoms with van der Waals surface area (Å²) >= 11 is 0. The standard InChI is InChI=1S/C26H23NO3/c1-3-18-11-13-20(14-12-18)24(28)22-23(19-7-5-4-6-8-19)27(26(30)25(22)29)21-15-9-17(2)10-16-21/h4-16,23,28H,3H2,1-2H3/b24-22+. The molecule has 1 heterocycles. The van der Waals surface area contributed by atoms with Crippen LogP contribution in [0.3, 0.4) is 0 Å². The van der Waals surface area contributed by atoms with Crippen LogP contribution in [0.15, 0.2) is 84.4 Å². The van der Waals surface area contributed by atoms with Crippen molar-refractivity contribution in [1.29, 1.82) is 0 Å². The molecule has 1 atom stereocenters. The molecular weight excluding hydrogens is 374 g/mol. The number of amides is 1. The Kier molecular flexibility index (Phi) is 5.23. The summed E-state index contributed by atoms with van der Waals surface area (Å²) < 4.78 is 0. The van der Waals surface area contributed by atoms with E-state index in [1.807, 2.05) is 73.7 Å². The Balaban J connectivity index is 1.90. The second-order valence-corrected chi connectivity index (χ2v) is 7.47. The third-order valence-electron chi connectivity index (χ3n) is 5.51. The summed E-state index contributed by atoms with van der Waals surface area (Å²) in [5.41, 5.74) is 4.21. The maximum Gasteiger partial charge on any atom is 0.300 e. The smallest absolute Gasteiger partial charge is 0.300 e. The molecular formula is C26H23NO3. The average molecular weight is 397 g/mol. The van der Waals surface area contributed by atoms with Crippen LogP contribution in [0.5, 0.6) is 0 Å². The molecule has 0 aliphatic carbocycles. The highest BCUT2D eigenvalue weighted by molar-refractivity contribution is 6.51. The first-order chi connectivity index (χ1) is 14.5. The lowest BCUT2D eigenvalue weighted by Gasteiger charge is -2.25. The van der Waals surface area contributed by atoms with Gasteiger partial charge in [-0.1, -0.05) is 79.2 Å². The van der Waals surface area contributed by atoms with Gasteiger partial charge in [0, 0.05) is 11.3 Å². The van der Waals surface area contributed by atoms with Crippen molar-refractivity contribution in [1.82, 2.24) is 0 Å². The van der Waals surface area contributed by atoms with Crippen LogP contribution in [-0.2, 0) is 16.0 Å². The van der Waals surface area contributed by atoms with Gasteiger partial charge in [0.2, 0.25) is 0 Å². The SMILES string of the molecule is CCc1ccc(/C(O)=C2\C(=O)C(=O)N(c3ccc(C)cc3)C2c2ccccc2)cc1. The van der Waals surface area contributed by atoms with Crippen molar-refractivity contribution in [3.8, 4) is 0 Å². The van der Waals surface area contributed by atoms with Crippen molar-refractivity contribution in [2.75, 3.05) is 4.90 Å². The van der Waals surface area contributed by atoms with Crippen LogP contribution in [0.2, 0.25) is 0 Å². The van der Waals surface area contributed by atoms with Crippen LogP contribution >= 0.6 is 0 Å². The van der Waals surface area contributed by atoms with E-state index in [4.69, 9.17) is 0 Å². The molecule has 0 radical (unpaired) electrons. The molecule has 0 spiro atoms. The second-order valence-electron chi connectivity index (χ2n) is 7.47. The zero-order valence-electron chi connectivity index (χ0n) is 17.0. The highest BCUT2D eigenvalue weighted by Gasteiger charge is 2.46. The van der Waals surface area contributed by atoms with Gasteiger partial charge in [-0.3, -0.25) is 14.5 Å². The van der Waals surface area contributed by atoms with E-state index in [2.05, 4.69) is 6.92 Å². The van der Waals surface area contributed by atoms with Crippen molar-refractivity contribution < 1.29 is 14.7 Å². The lowest BCUT2D eigenvalue weighted by molar-refractivity contribution is -0.132. The number of aliphatic hydroxyl groups excluding tert-OH is 1. The number of nitrogens with zero attached hydrogens (tertiary/aromatic N) is 1. The molecule has 0 saturated carbocycles. The van der Waals surface area contributed by atoms with Crippen LogP contribution < -0.4 is 4.90 Å². The number of aryl methyl sites for hydroxylation is 2. The van der Waals surface area contributed by atoms with E-state index < -0.39 is 17.7 Å². The second kappa shape index (κ2) is 7.99. The number of hydrogen-bond donors (Lipinski definition) is 1. The molecule has 1 fully saturated rings. The molecule has 30 heavy (non-hydrogen) atoms. The molecule has 3 aromatic rings. The van der Waals surface area contributed by atoms with Crippen molar-refractivity contribution >= 4 is 23.1 Å². The monoisotopic (exact) mass is 397 g/mol. The number of hydrogen-bond acceptors (Lipinski definition) is 3. The summed E-state index contributed by atoms with van der Waals surface area (Å²) in [6, 6.07) is 23.5. The molecule has 0 aromatic heterocycles. The van der Waals surface area contributed by atoms with Gasteiger partial charge < -0.3 is 5.11 Å². The molecule has 4 heteroatoms. The van der Waals surface area contributed by atoms with E-state index in [0.717, 1.165) is 23.1 Å². The van der Waals surface area contributed by atoms with Crippen molar-refractivity contribution in [2.24, 2.45) is 0 Å². The van der Waals surface area contributed by atoms with Gasteiger partial charge in [-0.25, -0.2) is 0 Å². The normalized spacial score (nSPS) is 18.1. The number of rotatable bonds is 4. The summed E-state index contributed by atoms with van der Waals surface area (Å²) in [5, 5.41) is 11.1. The summed E-state index contributed by atoms with van der Waals surface area (Å²) in [5.74, 6) is -1.47. The van der Waals surface area contributed by atoms with Crippen LogP contribution in [0.4, 0.5) is 5.69 Å². The first-order valence-electron chi connectivity index (χ1n) is 10.0. The van der Waals surface area contributed by atoms with Crippen LogP contribution in [0.1, 0.15) is 35.2 Å². The Bertz CT molecular complexity index is 1110. The minimum Gasteiger partial charge on any atom is -0.507 e. The minimum absolute atomic E-state index is 0.107. The predicted molar refractivity (Wildman–Crippen MR) is 118 cm³/mol. The number of benzene rings is 3. The summed E-state index contributed by atoms with van der Waals surface area (Å²) in [7, 11) is 0. The molecule has 1 N–H and O–H groups in total. The maximum atomic E-state index is 13.1. The number of carbonyl (C=O) groups is 2. The van der Waals surface area contributed by atoms with Crippen molar-refractivity contribution in [3.63, 3.8) is 0 Å². The lowest BCUT2D eigenvalue weighted by Crippen LogP contribution is -2.29. The van der Waals surface area contributed by atoms with Crippen molar-refractivity contribution in [3.05, 3.63) is 107 Å². The molecule has 4 nitrogen and oxygen atoms in total. The number of anilines is 1. The Hall–Kier alpha value is -3.66. The lowest BCUT2D eigenvalue weighted by atomic mass is 9.94. The van der Waals surface area contributed by atoms with E-state index in [9.17, 15) is 14.7 Å². The number of Topliss-reactive ketones (excluding diaryl/α,β-unsaturated/α-hetero) is 1. The molecule has 1 saturated heterocycles. The Morgan fingerprint density at radius 1 is 0.900 bits per heavy atom. The fraction of sp³-hybridized carbons (Fsp3) is 0.154. The van der Waals surface area contributed by atoms with Gasteiger partial charge in [-0.2, -0.15) is 0 Å². The zero-order valence-corrected chi connectivity index (χ0v) is 17.0. The highest BCUT2D eigenvalue weighted by Crippen LogP contribution is 2.42. The van der Waals surface area contributed by atoms with Gasteiger partial charge in [0.05, 0.1) is 11.6 Å². The maximum absolute atomic E-state index is 13.1. The molecule has 1 aliphatic rings. The zero-order chi connectivity index (χ0) is 21.3. The van der Waals surface area contributed by atoms with Gasteiger partial charge in [0.1, 0.15) is 5.76 Å². The highest BCUT2D eigenvalue weighted by atomic mass is 16.3. The van der Waals surface area contributed by atoms with Gasteiger partial charge in [0.15, 0.2) is 0 Å². The molecule has 1 amide bonds. The fourth-order valence-corrected chi connectivity index (χ4v) is 3.81. The van der Waals surface area contributed by atoms with E-state index in [-0.39, 0.29) is 11.3 Å². The molecule has 3 aromatic carbocycles. The number of aliphatic hydroxyl groups is 1. The first kappa shape index (κ1) is 19.6. The van der Waals surface area contributed by atoms with Gasteiger partial charge in [-0.15, -0.1) is 0 Å². The van der Waals surface area contributed by atoms with Crippen LogP contribution in [0, 0.1) is 6.92 Å². The first-order valence-corrected chi connectivity index (χ1v) is 10.0. The fourth-order valence-electron chi connectivity index (χ4n) is 3.81. The molecule has 4 rings (SSSR count). The van der Waals surface area contributed by atoms with Crippen molar-refractivity contribution in [2.45, 2.75) is 26.3 Å². The number of ketones is 1. The number of carbonyl (C=O) groups excluding carboxylic acids is 2. The topological polar surface area (TPSA) is 57.6 Å². The Morgan fingerprint density at radius 3 is 2.13 bits per heavy atom. The summed E-state index contributed by atoms with van der Waals surface area (Å²) in [4.78, 5) is 27.6. The Labute approximate surface area is 176 Å². The van der Waals surface area contributed by atoms with E-state index >= 15 is 0 Å². The largest absolute Gasteiger partial charge is 0.507 e. The third-order valence-corrected chi connectivity index (χ3v) is 5.51. The third kappa shape index (κ3) is 3.41. The van der Waals surface area contributed by atoms with Crippen LogP contribution in [-0.4, -0.2) is 16.8 Å². The quantitative estimate of drug-likeness (QED) is 0.375. The van der Waals surface area contributed by atoms with E-state index in [1.165, 1.54) is 4.90 Å². The van der Waals surface area contributed by atoms with Crippen LogP contribution in [0.25, 0.3) is 5.76 Å².